The maximum Gasteiger partial charge on any atom is 0.182 e. The van der Waals surface area contributed by atoms with Gasteiger partial charge < -0.3 is 23.9 Å². The number of H-pyrrole nitrogens is 1. The van der Waals surface area contributed by atoms with Gasteiger partial charge in [-0.25, -0.2) is 9.37 Å². The van der Waals surface area contributed by atoms with E-state index in [2.05, 4.69) is 19.9 Å². The maximum atomic E-state index is 15.0. The topological polar surface area (TPSA) is 81.7 Å². The van der Waals surface area contributed by atoms with Crippen LogP contribution in [-0.4, -0.2) is 66.4 Å². The number of nitrogens with one attached hydrogen (secondary N) is 1. The number of hydrogen-bond donors (Lipinski definition) is 1. The van der Waals surface area contributed by atoms with Crippen LogP contribution in [0.15, 0.2) is 36.7 Å². The number of halogens is 1. The fourth-order valence-electron chi connectivity index (χ4n) is 4.13. The molecule has 0 unspecified atom stereocenters. The Morgan fingerprint density at radius 2 is 1.91 bits per heavy atom. The molecule has 4 aromatic rings. The molecule has 1 saturated heterocycles. The third-order valence-corrected chi connectivity index (χ3v) is 5.88. The zero-order valence-corrected chi connectivity index (χ0v) is 19.3. The molecule has 1 fully saturated rings. The molecule has 8 nitrogen and oxygen atoms in total. The van der Waals surface area contributed by atoms with Crippen LogP contribution < -0.4 is 14.2 Å². The second-order valence-electron chi connectivity index (χ2n) is 8.24. The molecule has 1 aromatic carbocycles. The Kier molecular flexibility index (Phi) is 6.46. The molecule has 1 aliphatic rings. The van der Waals surface area contributed by atoms with Crippen molar-refractivity contribution in [3.05, 3.63) is 48.2 Å². The Balaban J connectivity index is 1.35. The van der Waals surface area contributed by atoms with Gasteiger partial charge in [-0.3, -0.25) is 9.88 Å². The van der Waals surface area contributed by atoms with E-state index in [1.54, 1.807) is 31.5 Å². The van der Waals surface area contributed by atoms with Gasteiger partial charge in [-0.2, -0.15) is 0 Å². The first-order valence-electron chi connectivity index (χ1n) is 11.3. The summed E-state index contributed by atoms with van der Waals surface area (Å²) in [5, 5.41) is 1.07. The van der Waals surface area contributed by atoms with E-state index in [-0.39, 0.29) is 5.75 Å². The third-order valence-electron chi connectivity index (χ3n) is 5.88. The van der Waals surface area contributed by atoms with Crippen molar-refractivity contribution in [1.29, 1.82) is 0 Å². The van der Waals surface area contributed by atoms with Crippen molar-refractivity contribution in [2.75, 3.05) is 46.6 Å². The number of morpholine rings is 1. The molecule has 4 heterocycles. The summed E-state index contributed by atoms with van der Waals surface area (Å²) >= 11 is 0. The number of fused-ring (bicyclic) bond motifs is 2. The Hall–Kier alpha value is -3.43. The van der Waals surface area contributed by atoms with Gasteiger partial charge in [0.15, 0.2) is 23.1 Å². The SMILES string of the molecule is COc1cc2c(Oc3cnc4[nH]c(C)cc4c3F)ccnc2cc1OCCCN1CCOCC1. The van der Waals surface area contributed by atoms with Crippen molar-refractivity contribution in [1.82, 2.24) is 19.9 Å². The number of aryl methyl sites for hydroxylation is 1. The fourth-order valence-corrected chi connectivity index (χ4v) is 4.13. The van der Waals surface area contributed by atoms with E-state index in [1.807, 2.05) is 13.0 Å². The van der Waals surface area contributed by atoms with Crippen LogP contribution in [0.3, 0.4) is 0 Å². The number of hydrogen-bond acceptors (Lipinski definition) is 7. The van der Waals surface area contributed by atoms with Crippen molar-refractivity contribution in [2.45, 2.75) is 13.3 Å². The molecule has 9 heteroatoms. The molecule has 0 aliphatic carbocycles. The van der Waals surface area contributed by atoms with Gasteiger partial charge in [-0.1, -0.05) is 0 Å². The fraction of sp³-hybridized carbons (Fsp3) is 0.360. The highest BCUT2D eigenvalue weighted by molar-refractivity contribution is 5.88. The molecule has 0 atom stereocenters. The summed E-state index contributed by atoms with van der Waals surface area (Å²) in [4.78, 5) is 14.1. The van der Waals surface area contributed by atoms with Gasteiger partial charge in [0, 0.05) is 43.0 Å². The van der Waals surface area contributed by atoms with E-state index >= 15 is 4.39 Å². The van der Waals surface area contributed by atoms with Crippen molar-refractivity contribution in [3.8, 4) is 23.0 Å². The average Bonchev–Trinajstić information content (AvgIpc) is 3.25. The average molecular weight is 467 g/mol. The van der Waals surface area contributed by atoms with Gasteiger partial charge in [0.2, 0.25) is 0 Å². The highest BCUT2D eigenvalue weighted by Gasteiger charge is 2.16. The van der Waals surface area contributed by atoms with Crippen molar-refractivity contribution < 1.29 is 23.3 Å². The van der Waals surface area contributed by atoms with Crippen LogP contribution in [-0.2, 0) is 4.74 Å². The largest absolute Gasteiger partial charge is 0.493 e. The van der Waals surface area contributed by atoms with E-state index in [4.69, 9.17) is 18.9 Å². The van der Waals surface area contributed by atoms with E-state index in [0.717, 1.165) is 45.0 Å². The molecule has 0 radical (unpaired) electrons. The molecule has 0 amide bonds. The number of pyridine rings is 2. The molecular formula is C25H27FN4O4. The van der Waals surface area contributed by atoms with Gasteiger partial charge in [0.05, 0.1) is 44.0 Å². The summed E-state index contributed by atoms with van der Waals surface area (Å²) in [6.45, 7) is 6.86. The van der Waals surface area contributed by atoms with Crippen LogP contribution in [0.2, 0.25) is 0 Å². The third kappa shape index (κ3) is 4.62. The summed E-state index contributed by atoms with van der Waals surface area (Å²) in [7, 11) is 1.59. The molecule has 5 rings (SSSR count). The first-order chi connectivity index (χ1) is 16.6. The van der Waals surface area contributed by atoms with Gasteiger partial charge in [-0.05, 0) is 31.5 Å². The molecule has 178 valence electrons. The van der Waals surface area contributed by atoms with Gasteiger partial charge in [0.1, 0.15) is 11.4 Å². The number of aromatic nitrogens is 3. The summed E-state index contributed by atoms with van der Waals surface area (Å²) in [6, 6.07) is 7.03. The zero-order chi connectivity index (χ0) is 23.5. The van der Waals surface area contributed by atoms with E-state index in [1.165, 1.54) is 6.20 Å². The number of methoxy groups -OCH3 is 1. The Labute approximate surface area is 196 Å². The van der Waals surface area contributed by atoms with Crippen molar-refractivity contribution >= 4 is 21.9 Å². The number of rotatable bonds is 8. The van der Waals surface area contributed by atoms with Crippen LogP contribution in [0.5, 0.6) is 23.0 Å². The molecule has 3 aromatic heterocycles. The Morgan fingerprint density at radius 3 is 2.74 bits per heavy atom. The highest BCUT2D eigenvalue weighted by Crippen LogP contribution is 2.38. The maximum absolute atomic E-state index is 15.0. The number of nitrogens with zero attached hydrogens (tertiary/aromatic N) is 3. The van der Waals surface area contributed by atoms with Crippen molar-refractivity contribution in [3.63, 3.8) is 0 Å². The van der Waals surface area contributed by atoms with Crippen LogP contribution in [0.4, 0.5) is 4.39 Å². The summed E-state index contributed by atoms with van der Waals surface area (Å²) in [5.74, 6) is 1.20. The molecular weight excluding hydrogens is 439 g/mol. The molecule has 34 heavy (non-hydrogen) atoms. The van der Waals surface area contributed by atoms with E-state index in [0.29, 0.717) is 45.8 Å². The molecule has 0 bridgehead atoms. The van der Waals surface area contributed by atoms with Crippen molar-refractivity contribution in [2.24, 2.45) is 0 Å². The van der Waals surface area contributed by atoms with E-state index < -0.39 is 5.82 Å². The summed E-state index contributed by atoms with van der Waals surface area (Å²) < 4.78 is 37.9. The Bertz CT molecular complexity index is 1300. The quantitative estimate of drug-likeness (QED) is 0.384. The molecule has 1 N–H and O–H groups in total. The lowest BCUT2D eigenvalue weighted by Crippen LogP contribution is -2.37. The first-order valence-corrected chi connectivity index (χ1v) is 11.3. The monoisotopic (exact) mass is 466 g/mol. The predicted molar refractivity (Wildman–Crippen MR) is 127 cm³/mol. The number of aromatic amines is 1. The number of benzene rings is 1. The summed E-state index contributed by atoms with van der Waals surface area (Å²) in [5.41, 5.74) is 1.97. The van der Waals surface area contributed by atoms with E-state index in [9.17, 15) is 0 Å². The highest BCUT2D eigenvalue weighted by atomic mass is 19.1. The minimum atomic E-state index is -0.466. The first kappa shape index (κ1) is 22.4. The minimum Gasteiger partial charge on any atom is -0.493 e. The smallest absolute Gasteiger partial charge is 0.182 e. The van der Waals surface area contributed by atoms with Crippen LogP contribution >= 0.6 is 0 Å². The standard InChI is InChI=1S/C25H27FN4O4/c1-16-12-18-24(26)23(15-28-25(18)29-16)34-20-4-5-27-19-14-22(21(31-2)13-17(19)20)33-9-3-6-30-7-10-32-11-8-30/h4-5,12-15H,3,6-11H2,1-2H3,(H,28,29). The second kappa shape index (κ2) is 9.82. The predicted octanol–water partition coefficient (Wildman–Crippen LogP) is 4.46. The van der Waals surface area contributed by atoms with Crippen LogP contribution in [0, 0.1) is 12.7 Å². The summed E-state index contributed by atoms with van der Waals surface area (Å²) in [6.07, 6.45) is 3.89. The number of ether oxygens (including phenoxy) is 4. The van der Waals surface area contributed by atoms with Crippen LogP contribution in [0.25, 0.3) is 21.9 Å². The molecule has 0 saturated carbocycles. The van der Waals surface area contributed by atoms with Gasteiger partial charge >= 0.3 is 0 Å². The lowest BCUT2D eigenvalue weighted by Gasteiger charge is -2.26. The zero-order valence-electron chi connectivity index (χ0n) is 19.3. The lowest BCUT2D eigenvalue weighted by atomic mass is 10.1. The van der Waals surface area contributed by atoms with Gasteiger partial charge in [0.25, 0.3) is 0 Å². The minimum absolute atomic E-state index is 0.0430. The second-order valence-corrected chi connectivity index (χ2v) is 8.24. The normalized spacial score (nSPS) is 14.6. The Morgan fingerprint density at radius 1 is 1.06 bits per heavy atom. The van der Waals surface area contributed by atoms with Gasteiger partial charge in [-0.15, -0.1) is 0 Å². The molecule has 0 spiro atoms. The van der Waals surface area contributed by atoms with Crippen LogP contribution in [0.1, 0.15) is 12.1 Å². The lowest BCUT2D eigenvalue weighted by molar-refractivity contribution is 0.0357. The molecule has 1 aliphatic heterocycles.